The molecule has 0 spiro atoms. The van der Waals surface area contributed by atoms with Crippen molar-refractivity contribution in [1.29, 1.82) is 0 Å². The molecule has 0 saturated carbocycles. The molecule has 4 aromatic heterocycles. The number of ether oxygens (including phenoxy) is 1. The second-order valence-electron chi connectivity index (χ2n) is 14.0. The van der Waals surface area contributed by atoms with Crippen molar-refractivity contribution in [2.45, 2.75) is 52.4 Å². The van der Waals surface area contributed by atoms with Gasteiger partial charge in [-0.25, -0.2) is 9.97 Å². The first-order valence-corrected chi connectivity index (χ1v) is 15.6. The third-order valence-electron chi connectivity index (χ3n) is 8.94. The third-order valence-corrected chi connectivity index (χ3v) is 8.94. The first-order chi connectivity index (χ1) is 21.6. The number of hydrogen-bond donors (Lipinski definition) is 0. The van der Waals surface area contributed by atoms with Crippen LogP contribution in [0.25, 0.3) is 54.9 Å². The maximum atomic E-state index is 6.62. The fourth-order valence-electron chi connectivity index (χ4n) is 6.90. The van der Waals surface area contributed by atoms with Crippen LogP contribution in [0.15, 0.2) is 110 Å². The van der Waals surface area contributed by atoms with Crippen molar-refractivity contribution in [3.8, 4) is 17.3 Å². The number of pyridine rings is 2. The van der Waals surface area contributed by atoms with E-state index < -0.39 is 0 Å². The van der Waals surface area contributed by atoms with Crippen molar-refractivity contribution >= 4 is 49.1 Å². The average Bonchev–Trinajstić information content (AvgIpc) is 3.63. The first kappa shape index (κ1) is 27.4. The summed E-state index contributed by atoms with van der Waals surface area (Å²) < 4.78 is 11.1. The van der Waals surface area contributed by atoms with Crippen LogP contribution in [0.5, 0.6) is 11.5 Å². The molecule has 0 fully saturated rings. The minimum atomic E-state index is -0.0352. The summed E-state index contributed by atoms with van der Waals surface area (Å²) in [6.45, 7) is 13.7. The highest BCUT2D eigenvalue weighted by atomic mass is 16.5. The molecule has 5 heteroatoms. The van der Waals surface area contributed by atoms with Gasteiger partial charge in [0.25, 0.3) is 0 Å². The SMILES string of the molecule is CC(C)(C)c1ccc(C(C)(C)C)c2c1c1ccc(Oc3ccc4c5ccccc5n(-c5ccccn5)c4c3)cc1c1nccn12. The van der Waals surface area contributed by atoms with Crippen LogP contribution in [-0.4, -0.2) is 18.9 Å². The summed E-state index contributed by atoms with van der Waals surface area (Å²) >= 11 is 0. The molecule has 0 amide bonds. The molecule has 222 valence electrons. The van der Waals surface area contributed by atoms with Crippen LogP contribution in [0.1, 0.15) is 52.7 Å². The van der Waals surface area contributed by atoms with Gasteiger partial charge in [0.15, 0.2) is 0 Å². The van der Waals surface area contributed by atoms with Crippen molar-refractivity contribution in [3.63, 3.8) is 0 Å². The predicted molar refractivity (Wildman–Crippen MR) is 186 cm³/mol. The van der Waals surface area contributed by atoms with E-state index in [2.05, 4.69) is 134 Å². The van der Waals surface area contributed by atoms with Crippen LogP contribution in [0.4, 0.5) is 0 Å². The Kier molecular flexibility index (Phi) is 5.89. The lowest BCUT2D eigenvalue weighted by atomic mass is 9.78. The minimum Gasteiger partial charge on any atom is -0.457 e. The summed E-state index contributed by atoms with van der Waals surface area (Å²) in [5, 5.41) is 5.90. The molecule has 4 heterocycles. The number of hydrogen-bond acceptors (Lipinski definition) is 3. The molecule has 0 aliphatic rings. The lowest BCUT2D eigenvalue weighted by Crippen LogP contribution is -2.17. The molecule has 0 saturated heterocycles. The molecular formula is C40H36N4O. The summed E-state index contributed by atoms with van der Waals surface area (Å²) in [5.74, 6) is 2.42. The van der Waals surface area contributed by atoms with Gasteiger partial charge < -0.3 is 4.74 Å². The standard InChI is InChI=1S/C40H36N4O/c1-39(2,3)31-18-19-32(40(4,5)6)37-36(31)29-17-15-25(23-30(29)38-42-21-22-43(37)38)45-26-14-16-28-27-11-7-8-12-33(27)44(34(28)24-26)35-13-9-10-20-41-35/h7-24H,1-6H3. The van der Waals surface area contributed by atoms with Gasteiger partial charge >= 0.3 is 0 Å². The van der Waals surface area contributed by atoms with E-state index in [0.29, 0.717) is 0 Å². The van der Waals surface area contributed by atoms with E-state index in [9.17, 15) is 0 Å². The van der Waals surface area contributed by atoms with Gasteiger partial charge in [-0.15, -0.1) is 0 Å². The normalized spacial score (nSPS) is 12.7. The molecular weight excluding hydrogens is 552 g/mol. The Hall–Kier alpha value is -5.16. The van der Waals surface area contributed by atoms with Crippen LogP contribution >= 0.6 is 0 Å². The lowest BCUT2D eigenvalue weighted by Gasteiger charge is -2.28. The number of imidazole rings is 1. The fraction of sp³-hybridized carbons (Fsp3) is 0.200. The maximum Gasteiger partial charge on any atom is 0.145 e. The lowest BCUT2D eigenvalue weighted by molar-refractivity contribution is 0.484. The Balaban J connectivity index is 1.33. The fourth-order valence-corrected chi connectivity index (χ4v) is 6.90. The molecule has 0 atom stereocenters. The van der Waals surface area contributed by atoms with E-state index >= 15 is 0 Å². The molecule has 0 aliphatic heterocycles. The van der Waals surface area contributed by atoms with Crippen LogP contribution in [0.2, 0.25) is 0 Å². The van der Waals surface area contributed by atoms with Gasteiger partial charge in [-0.2, -0.15) is 0 Å². The van der Waals surface area contributed by atoms with Gasteiger partial charge in [-0.3, -0.25) is 8.97 Å². The molecule has 0 N–H and O–H groups in total. The Bertz CT molecular complexity index is 2420. The minimum absolute atomic E-state index is 0.0288. The van der Waals surface area contributed by atoms with E-state index in [1.54, 1.807) is 0 Å². The highest BCUT2D eigenvalue weighted by Gasteiger charge is 2.26. The first-order valence-electron chi connectivity index (χ1n) is 15.6. The highest BCUT2D eigenvalue weighted by molar-refractivity contribution is 6.14. The maximum absolute atomic E-state index is 6.62. The summed E-state index contributed by atoms with van der Waals surface area (Å²) in [4.78, 5) is 9.54. The summed E-state index contributed by atoms with van der Waals surface area (Å²) in [6, 6.07) is 31.9. The number of aromatic nitrogens is 4. The smallest absolute Gasteiger partial charge is 0.145 e. The average molecular weight is 589 g/mol. The van der Waals surface area contributed by atoms with E-state index in [-0.39, 0.29) is 10.8 Å². The number of nitrogens with zero attached hydrogens (tertiary/aromatic N) is 4. The zero-order chi connectivity index (χ0) is 31.1. The van der Waals surface area contributed by atoms with Crippen molar-refractivity contribution < 1.29 is 4.74 Å². The molecule has 5 nitrogen and oxygen atoms in total. The van der Waals surface area contributed by atoms with Gasteiger partial charge in [-0.1, -0.05) is 77.9 Å². The molecule has 45 heavy (non-hydrogen) atoms. The van der Waals surface area contributed by atoms with Crippen molar-refractivity contribution in [3.05, 3.63) is 121 Å². The quantitative estimate of drug-likeness (QED) is 0.193. The van der Waals surface area contributed by atoms with Crippen LogP contribution in [0.3, 0.4) is 0 Å². The van der Waals surface area contributed by atoms with E-state index in [0.717, 1.165) is 44.8 Å². The van der Waals surface area contributed by atoms with E-state index in [4.69, 9.17) is 9.72 Å². The monoisotopic (exact) mass is 588 g/mol. The van der Waals surface area contributed by atoms with Gasteiger partial charge in [0, 0.05) is 46.2 Å². The molecule has 0 bridgehead atoms. The summed E-state index contributed by atoms with van der Waals surface area (Å²) in [7, 11) is 0. The summed E-state index contributed by atoms with van der Waals surface area (Å²) in [5.41, 5.74) is 6.92. The van der Waals surface area contributed by atoms with Gasteiger partial charge in [-0.05, 0) is 75.9 Å². The van der Waals surface area contributed by atoms with Gasteiger partial charge in [0.1, 0.15) is 23.0 Å². The van der Waals surface area contributed by atoms with Crippen LogP contribution in [-0.2, 0) is 10.8 Å². The topological polar surface area (TPSA) is 44.3 Å². The number of fused-ring (bicyclic) bond motifs is 9. The van der Waals surface area contributed by atoms with Crippen molar-refractivity contribution in [2.24, 2.45) is 0 Å². The Labute approximate surface area is 262 Å². The van der Waals surface area contributed by atoms with Crippen LogP contribution in [0, 0.1) is 0 Å². The molecule has 0 aliphatic carbocycles. The number of rotatable bonds is 3. The Morgan fingerprint density at radius 2 is 1.27 bits per heavy atom. The molecule has 0 radical (unpaired) electrons. The molecule has 0 unspecified atom stereocenters. The zero-order valence-corrected chi connectivity index (χ0v) is 26.6. The van der Waals surface area contributed by atoms with Crippen molar-refractivity contribution in [2.75, 3.05) is 0 Å². The Morgan fingerprint density at radius 1 is 0.578 bits per heavy atom. The molecule has 8 aromatic rings. The second kappa shape index (κ2) is 9.67. The van der Waals surface area contributed by atoms with Gasteiger partial charge in [0.2, 0.25) is 0 Å². The third kappa shape index (κ3) is 4.29. The second-order valence-corrected chi connectivity index (χ2v) is 14.0. The van der Waals surface area contributed by atoms with E-state index in [1.807, 2.05) is 30.6 Å². The summed E-state index contributed by atoms with van der Waals surface area (Å²) in [6.07, 6.45) is 5.83. The zero-order valence-electron chi connectivity index (χ0n) is 26.6. The highest BCUT2D eigenvalue weighted by Crippen LogP contribution is 2.42. The predicted octanol–water partition coefficient (Wildman–Crippen LogP) is 10.5. The number of benzene rings is 4. The van der Waals surface area contributed by atoms with Crippen molar-refractivity contribution in [1.82, 2.24) is 18.9 Å². The van der Waals surface area contributed by atoms with Crippen LogP contribution < -0.4 is 4.74 Å². The van der Waals surface area contributed by atoms with Gasteiger partial charge in [0.05, 0.1) is 16.6 Å². The number of para-hydroxylation sites is 1. The largest absolute Gasteiger partial charge is 0.457 e. The Morgan fingerprint density at radius 3 is 2.02 bits per heavy atom. The molecule has 8 rings (SSSR count). The molecule has 4 aromatic carbocycles. The van der Waals surface area contributed by atoms with E-state index in [1.165, 1.54) is 32.8 Å².